The van der Waals surface area contributed by atoms with Crippen molar-refractivity contribution in [3.8, 4) is 38.8 Å². The second kappa shape index (κ2) is 11.4. The predicted octanol–water partition coefficient (Wildman–Crippen LogP) is 4.66. The van der Waals surface area contributed by atoms with E-state index in [2.05, 4.69) is 25.6 Å². The van der Waals surface area contributed by atoms with Gasteiger partial charge in [0.05, 0.1) is 25.0 Å². The Labute approximate surface area is 211 Å². The lowest BCUT2D eigenvalue weighted by Gasteiger charge is -2.11. The fourth-order valence-electron chi connectivity index (χ4n) is 3.35. The third-order valence-electron chi connectivity index (χ3n) is 5.02. The minimum Gasteiger partial charge on any atom is -0.481 e. The molecule has 184 valence electrons. The Hall–Kier alpha value is -4.38. The van der Waals surface area contributed by atoms with Crippen molar-refractivity contribution in [3.63, 3.8) is 0 Å². The highest BCUT2D eigenvalue weighted by Gasteiger charge is 2.17. The van der Waals surface area contributed by atoms with Crippen molar-refractivity contribution >= 4 is 29.2 Å². The summed E-state index contributed by atoms with van der Waals surface area (Å²) >= 11 is 1.43. The maximum absolute atomic E-state index is 12.3. The molecule has 0 unspecified atom stereocenters. The van der Waals surface area contributed by atoms with E-state index in [1.54, 1.807) is 50.8 Å². The average molecular weight is 505 g/mol. The van der Waals surface area contributed by atoms with E-state index in [-0.39, 0.29) is 12.6 Å². The van der Waals surface area contributed by atoms with Gasteiger partial charge in [-0.3, -0.25) is 10.3 Å². The molecule has 4 aromatic heterocycles. The molecule has 11 heteroatoms. The van der Waals surface area contributed by atoms with Crippen LogP contribution in [0, 0.1) is 0 Å². The number of hydrogen-bond donors (Lipinski definition) is 2. The molecule has 0 aliphatic carbocycles. The van der Waals surface area contributed by atoms with Crippen LogP contribution in [-0.4, -0.2) is 52.2 Å². The number of urea groups is 1. The van der Waals surface area contributed by atoms with Crippen molar-refractivity contribution in [2.24, 2.45) is 0 Å². The summed E-state index contributed by atoms with van der Waals surface area (Å²) in [4.78, 5) is 42.0. The number of anilines is 1. The Bertz CT molecular complexity index is 1370. The maximum Gasteiger partial charge on any atom is 0.339 e. The van der Waals surface area contributed by atoms with Crippen molar-refractivity contribution < 1.29 is 19.1 Å². The van der Waals surface area contributed by atoms with Gasteiger partial charge in [-0.05, 0) is 32.0 Å². The number of nitrogens with one attached hydrogen (secondary N) is 2. The van der Waals surface area contributed by atoms with Gasteiger partial charge in [0.2, 0.25) is 5.88 Å². The Morgan fingerprint density at radius 3 is 2.58 bits per heavy atom. The van der Waals surface area contributed by atoms with Crippen LogP contribution in [-0.2, 0) is 4.74 Å². The minimum absolute atomic E-state index is 0.262. The first-order chi connectivity index (χ1) is 17.5. The molecule has 0 radical (unpaired) electrons. The quantitative estimate of drug-likeness (QED) is 0.332. The first kappa shape index (κ1) is 24.7. The van der Waals surface area contributed by atoms with Crippen LogP contribution in [0.3, 0.4) is 0 Å². The molecule has 36 heavy (non-hydrogen) atoms. The van der Waals surface area contributed by atoms with E-state index in [4.69, 9.17) is 14.5 Å². The predicted molar refractivity (Wildman–Crippen MR) is 137 cm³/mol. The third-order valence-corrected chi connectivity index (χ3v) is 5.89. The molecule has 0 aromatic carbocycles. The number of thiazole rings is 1. The van der Waals surface area contributed by atoms with Crippen LogP contribution in [0.5, 0.6) is 5.88 Å². The van der Waals surface area contributed by atoms with Crippen LogP contribution >= 0.6 is 11.3 Å². The highest BCUT2D eigenvalue weighted by molar-refractivity contribution is 7.13. The van der Waals surface area contributed by atoms with E-state index < -0.39 is 5.97 Å². The summed E-state index contributed by atoms with van der Waals surface area (Å²) in [5.74, 6) is 0.414. The summed E-state index contributed by atoms with van der Waals surface area (Å²) in [7, 11) is 1.56. The van der Waals surface area contributed by atoms with Gasteiger partial charge < -0.3 is 14.8 Å². The Morgan fingerprint density at radius 2 is 1.86 bits per heavy atom. The van der Waals surface area contributed by atoms with Crippen LogP contribution in [0.15, 0.2) is 54.4 Å². The summed E-state index contributed by atoms with van der Waals surface area (Å²) in [5.41, 5.74) is 3.98. The van der Waals surface area contributed by atoms with Gasteiger partial charge in [0.25, 0.3) is 0 Å². The van der Waals surface area contributed by atoms with Gasteiger partial charge in [-0.2, -0.15) is 0 Å². The molecule has 0 bridgehead atoms. The molecule has 2 N–H and O–H groups in total. The molecule has 0 saturated heterocycles. The lowest BCUT2D eigenvalue weighted by molar-refractivity contribution is 0.0526. The summed E-state index contributed by atoms with van der Waals surface area (Å²) in [6.07, 6.45) is 6.42. The zero-order chi connectivity index (χ0) is 25.5. The topological polar surface area (TPSA) is 128 Å². The second-order valence-electron chi connectivity index (χ2n) is 7.41. The number of amides is 2. The molecule has 10 nitrogen and oxygen atoms in total. The molecule has 0 fully saturated rings. The largest absolute Gasteiger partial charge is 0.481 e. The van der Waals surface area contributed by atoms with Crippen LogP contribution in [0.1, 0.15) is 24.2 Å². The van der Waals surface area contributed by atoms with Crippen molar-refractivity contribution in [1.82, 2.24) is 25.3 Å². The average Bonchev–Trinajstić information content (AvgIpc) is 3.39. The molecular weight excluding hydrogens is 480 g/mol. The Balaban J connectivity index is 1.77. The number of aromatic nitrogens is 4. The van der Waals surface area contributed by atoms with Crippen LogP contribution < -0.4 is 15.4 Å². The molecular formula is C25H24N6O4S. The lowest BCUT2D eigenvalue weighted by Crippen LogP contribution is -2.28. The fourth-order valence-corrected chi connectivity index (χ4v) is 4.21. The van der Waals surface area contributed by atoms with E-state index in [9.17, 15) is 9.59 Å². The van der Waals surface area contributed by atoms with Gasteiger partial charge >= 0.3 is 12.0 Å². The number of rotatable bonds is 8. The van der Waals surface area contributed by atoms with Crippen LogP contribution in [0.25, 0.3) is 33.0 Å². The van der Waals surface area contributed by atoms with Gasteiger partial charge in [0, 0.05) is 65.0 Å². The number of methoxy groups -OCH3 is 1. The van der Waals surface area contributed by atoms with E-state index in [1.807, 2.05) is 18.4 Å². The minimum atomic E-state index is -0.459. The number of carbonyl (C=O) groups is 2. The number of carbonyl (C=O) groups excluding carboxylic acids is 2. The highest BCUT2D eigenvalue weighted by atomic mass is 32.1. The molecule has 0 saturated carbocycles. The van der Waals surface area contributed by atoms with E-state index in [0.29, 0.717) is 39.9 Å². The van der Waals surface area contributed by atoms with Crippen molar-refractivity contribution in [2.75, 3.05) is 25.6 Å². The second-order valence-corrected chi connectivity index (χ2v) is 8.27. The molecule has 2 amide bonds. The molecule has 4 aromatic rings. The Kier molecular flexibility index (Phi) is 7.81. The van der Waals surface area contributed by atoms with Gasteiger partial charge in [-0.15, -0.1) is 11.3 Å². The van der Waals surface area contributed by atoms with E-state index in [1.165, 1.54) is 17.5 Å². The number of ether oxygens (including phenoxy) is 2. The van der Waals surface area contributed by atoms with Crippen molar-refractivity contribution in [3.05, 3.63) is 60.0 Å². The van der Waals surface area contributed by atoms with Gasteiger partial charge in [-0.25, -0.2) is 24.5 Å². The third kappa shape index (κ3) is 5.63. The van der Waals surface area contributed by atoms with Crippen LogP contribution in [0.2, 0.25) is 0 Å². The van der Waals surface area contributed by atoms with Gasteiger partial charge in [0.1, 0.15) is 10.8 Å². The normalized spacial score (nSPS) is 10.5. The molecule has 0 atom stereocenters. The van der Waals surface area contributed by atoms with Crippen molar-refractivity contribution in [1.29, 1.82) is 0 Å². The van der Waals surface area contributed by atoms with Crippen LogP contribution in [0.4, 0.5) is 10.6 Å². The molecule has 0 aliphatic rings. The Morgan fingerprint density at radius 1 is 1.00 bits per heavy atom. The highest BCUT2D eigenvalue weighted by Crippen LogP contribution is 2.37. The summed E-state index contributed by atoms with van der Waals surface area (Å²) in [6, 6.07) is 6.74. The summed E-state index contributed by atoms with van der Waals surface area (Å²) in [5, 5.41) is 8.03. The number of hydrogen-bond acceptors (Lipinski definition) is 9. The lowest BCUT2D eigenvalue weighted by atomic mass is 10.0. The smallest absolute Gasteiger partial charge is 0.339 e. The van der Waals surface area contributed by atoms with E-state index >= 15 is 0 Å². The number of nitrogens with zero attached hydrogens (tertiary/aromatic N) is 4. The SMILES string of the molecule is CCNC(=O)Nc1cc(-c2nc(-c3ccc(OC)nc3)cs2)c(-c2cncc(C(=O)OCC)c2)cn1. The molecule has 0 aliphatic heterocycles. The standard InChI is InChI=1S/C25H24N6O4S/c1-4-27-25(33)31-21-9-18(23-30-20(14-36-23)15-6-7-22(34-3)29-12-15)19(13-28-21)16-8-17(11-26-10-16)24(32)35-5-2/h6-14H,4-5H2,1-3H3,(H2,27,28,31,33). The van der Waals surface area contributed by atoms with E-state index in [0.717, 1.165) is 16.8 Å². The summed E-state index contributed by atoms with van der Waals surface area (Å²) in [6.45, 7) is 4.32. The van der Waals surface area contributed by atoms with Crippen molar-refractivity contribution in [2.45, 2.75) is 13.8 Å². The van der Waals surface area contributed by atoms with Gasteiger partial charge in [-0.1, -0.05) is 0 Å². The number of pyridine rings is 3. The number of esters is 1. The summed E-state index contributed by atoms with van der Waals surface area (Å²) < 4.78 is 10.2. The fraction of sp³-hybridized carbons (Fsp3) is 0.200. The first-order valence-corrected chi connectivity index (χ1v) is 12.0. The first-order valence-electron chi connectivity index (χ1n) is 11.2. The zero-order valence-corrected chi connectivity index (χ0v) is 20.8. The zero-order valence-electron chi connectivity index (χ0n) is 19.9. The molecule has 4 heterocycles. The molecule has 0 spiro atoms. The molecule has 4 rings (SSSR count). The van der Waals surface area contributed by atoms with Gasteiger partial charge in [0.15, 0.2) is 0 Å². The monoisotopic (exact) mass is 504 g/mol. The maximum atomic E-state index is 12.3.